The van der Waals surface area contributed by atoms with Gasteiger partial charge in [-0.25, -0.2) is 4.99 Å². The lowest BCUT2D eigenvalue weighted by molar-refractivity contribution is -0.113. The molecule has 1 aliphatic heterocycles. The van der Waals surface area contributed by atoms with Crippen molar-refractivity contribution in [1.82, 2.24) is 0 Å². The number of amides is 1. The van der Waals surface area contributed by atoms with Crippen LogP contribution in [0.3, 0.4) is 0 Å². The van der Waals surface area contributed by atoms with Crippen molar-refractivity contribution in [2.24, 2.45) is 4.99 Å². The predicted octanol–water partition coefficient (Wildman–Crippen LogP) is 4.83. The molecule has 0 fully saturated rings. The van der Waals surface area contributed by atoms with Crippen LogP contribution in [0, 0.1) is 6.92 Å². The molecule has 1 aliphatic rings. The zero-order valence-electron chi connectivity index (χ0n) is 14.5. The molecular weight excluding hydrogens is 320 g/mol. The molecule has 3 aromatic rings. The normalized spacial score (nSPS) is 15.4. The first-order valence-electron chi connectivity index (χ1n) is 8.54. The van der Waals surface area contributed by atoms with Gasteiger partial charge in [-0.05, 0) is 36.8 Å². The van der Waals surface area contributed by atoms with Gasteiger partial charge in [0.1, 0.15) is 11.5 Å². The van der Waals surface area contributed by atoms with E-state index in [9.17, 15) is 4.79 Å². The van der Waals surface area contributed by atoms with E-state index in [-0.39, 0.29) is 5.91 Å². The summed E-state index contributed by atoms with van der Waals surface area (Å²) >= 11 is 0. The van der Waals surface area contributed by atoms with Gasteiger partial charge in [-0.15, -0.1) is 0 Å². The molecule has 26 heavy (non-hydrogen) atoms. The van der Waals surface area contributed by atoms with Crippen LogP contribution >= 0.6 is 0 Å². The van der Waals surface area contributed by atoms with Crippen LogP contribution in [0.5, 0.6) is 0 Å². The first kappa shape index (κ1) is 16.0. The van der Waals surface area contributed by atoms with Crippen LogP contribution in [0.4, 0.5) is 5.69 Å². The summed E-state index contributed by atoms with van der Waals surface area (Å²) in [5.74, 6) is 0.545. The number of amidine groups is 1. The highest BCUT2D eigenvalue weighted by Gasteiger charge is 2.32. The molecule has 0 saturated heterocycles. The lowest BCUT2D eigenvalue weighted by atomic mass is 10.1. The molecule has 4 rings (SSSR count). The van der Waals surface area contributed by atoms with Gasteiger partial charge in [0.15, 0.2) is 0 Å². The molecule has 3 heteroatoms. The summed E-state index contributed by atoms with van der Waals surface area (Å²) in [7, 11) is 0. The molecule has 3 nitrogen and oxygen atoms in total. The van der Waals surface area contributed by atoms with E-state index < -0.39 is 0 Å². The number of carbonyl (C=O) groups is 1. The highest BCUT2D eigenvalue weighted by atomic mass is 16.2. The molecular formula is C23H18N2O. The van der Waals surface area contributed by atoms with Gasteiger partial charge in [-0.2, -0.15) is 0 Å². The Bertz CT molecular complexity index is 1000. The smallest absolute Gasteiger partial charge is 0.266 e. The van der Waals surface area contributed by atoms with E-state index in [0.717, 1.165) is 22.4 Å². The lowest BCUT2D eigenvalue weighted by Crippen LogP contribution is -2.32. The topological polar surface area (TPSA) is 32.7 Å². The van der Waals surface area contributed by atoms with Gasteiger partial charge in [0.25, 0.3) is 5.91 Å². The maximum atomic E-state index is 13.1. The van der Waals surface area contributed by atoms with Gasteiger partial charge in [0.2, 0.25) is 0 Å². The molecule has 0 radical (unpaired) electrons. The van der Waals surface area contributed by atoms with Gasteiger partial charge in [0.05, 0.1) is 5.69 Å². The fraction of sp³-hybridized carbons (Fsp3) is 0.0435. The summed E-state index contributed by atoms with van der Waals surface area (Å²) in [5.41, 5.74) is 4.27. The Morgan fingerprint density at radius 2 is 1.54 bits per heavy atom. The van der Waals surface area contributed by atoms with Crippen LogP contribution in [-0.2, 0) is 4.79 Å². The molecule has 0 aromatic heterocycles. The average molecular weight is 338 g/mol. The summed E-state index contributed by atoms with van der Waals surface area (Å²) in [6, 6.07) is 27.5. The Labute approximate surface area is 152 Å². The third-order valence-corrected chi connectivity index (χ3v) is 4.25. The average Bonchev–Trinajstić information content (AvgIpc) is 3.00. The molecule has 0 bridgehead atoms. The second-order valence-electron chi connectivity index (χ2n) is 6.22. The van der Waals surface area contributed by atoms with Crippen molar-refractivity contribution >= 4 is 23.5 Å². The van der Waals surface area contributed by atoms with Crippen LogP contribution in [0.25, 0.3) is 6.08 Å². The number of hydrogen-bond acceptors (Lipinski definition) is 2. The van der Waals surface area contributed by atoms with Crippen LogP contribution in [-0.4, -0.2) is 11.7 Å². The number of nitrogens with zero attached hydrogens (tertiary/aromatic N) is 2. The summed E-state index contributed by atoms with van der Waals surface area (Å²) < 4.78 is 0. The first-order valence-corrected chi connectivity index (χ1v) is 8.54. The number of hydrogen-bond donors (Lipinski definition) is 0. The Kier molecular flexibility index (Phi) is 4.20. The molecule has 1 heterocycles. The Balaban J connectivity index is 1.84. The summed E-state index contributed by atoms with van der Waals surface area (Å²) in [4.78, 5) is 19.5. The quantitative estimate of drug-likeness (QED) is 0.630. The highest BCUT2D eigenvalue weighted by molar-refractivity contribution is 6.33. The summed E-state index contributed by atoms with van der Waals surface area (Å²) in [5, 5.41) is 0. The summed E-state index contributed by atoms with van der Waals surface area (Å²) in [6.07, 6.45) is 1.83. The van der Waals surface area contributed by atoms with Gasteiger partial charge in [-0.1, -0.05) is 72.3 Å². The number of para-hydroxylation sites is 1. The predicted molar refractivity (Wildman–Crippen MR) is 106 cm³/mol. The van der Waals surface area contributed by atoms with Crippen LogP contribution < -0.4 is 4.90 Å². The Hall–Kier alpha value is -3.46. The van der Waals surface area contributed by atoms with Crippen LogP contribution in [0.2, 0.25) is 0 Å². The maximum Gasteiger partial charge on any atom is 0.282 e. The van der Waals surface area contributed by atoms with Crippen molar-refractivity contribution < 1.29 is 4.79 Å². The third-order valence-electron chi connectivity index (χ3n) is 4.25. The number of rotatable bonds is 3. The van der Waals surface area contributed by atoms with Crippen molar-refractivity contribution in [2.45, 2.75) is 6.92 Å². The van der Waals surface area contributed by atoms with Gasteiger partial charge in [-0.3, -0.25) is 9.69 Å². The largest absolute Gasteiger partial charge is 0.282 e. The molecule has 0 aliphatic carbocycles. The molecule has 0 N–H and O–H groups in total. The van der Waals surface area contributed by atoms with E-state index in [0.29, 0.717) is 11.5 Å². The fourth-order valence-corrected chi connectivity index (χ4v) is 3.02. The molecule has 0 saturated carbocycles. The van der Waals surface area contributed by atoms with Crippen molar-refractivity contribution in [3.05, 3.63) is 107 Å². The number of anilines is 1. The maximum absolute atomic E-state index is 13.1. The number of aliphatic imine (C=N–C) groups is 1. The number of benzene rings is 3. The molecule has 126 valence electrons. The molecule has 3 aromatic carbocycles. The molecule has 0 spiro atoms. The lowest BCUT2D eigenvalue weighted by Gasteiger charge is -2.18. The zero-order chi connectivity index (χ0) is 17.9. The number of carbonyl (C=O) groups excluding carboxylic acids is 1. The minimum atomic E-state index is -0.114. The van der Waals surface area contributed by atoms with Crippen molar-refractivity contribution in [2.75, 3.05) is 4.90 Å². The van der Waals surface area contributed by atoms with E-state index >= 15 is 0 Å². The molecule has 1 amide bonds. The van der Waals surface area contributed by atoms with E-state index in [4.69, 9.17) is 0 Å². The van der Waals surface area contributed by atoms with Gasteiger partial charge >= 0.3 is 0 Å². The Morgan fingerprint density at radius 3 is 2.23 bits per heavy atom. The highest BCUT2D eigenvalue weighted by Crippen LogP contribution is 2.27. The van der Waals surface area contributed by atoms with E-state index in [1.54, 1.807) is 4.90 Å². The van der Waals surface area contributed by atoms with E-state index in [2.05, 4.69) is 4.99 Å². The molecule has 0 atom stereocenters. The SMILES string of the molecule is Cc1cccc(C2=N/C(=C/c3ccccc3)C(=O)N2c2ccccc2)c1. The van der Waals surface area contributed by atoms with Crippen molar-refractivity contribution in [1.29, 1.82) is 0 Å². The van der Waals surface area contributed by atoms with Crippen LogP contribution in [0.15, 0.2) is 95.6 Å². The number of aryl methyl sites for hydroxylation is 1. The van der Waals surface area contributed by atoms with Crippen LogP contribution in [0.1, 0.15) is 16.7 Å². The second kappa shape index (κ2) is 6.81. The second-order valence-corrected chi connectivity index (χ2v) is 6.22. The Morgan fingerprint density at radius 1 is 0.846 bits per heavy atom. The minimum Gasteiger partial charge on any atom is -0.266 e. The van der Waals surface area contributed by atoms with E-state index in [1.165, 1.54) is 0 Å². The first-order chi connectivity index (χ1) is 12.7. The summed E-state index contributed by atoms with van der Waals surface area (Å²) in [6.45, 7) is 2.04. The van der Waals surface area contributed by atoms with Crippen molar-refractivity contribution in [3.8, 4) is 0 Å². The van der Waals surface area contributed by atoms with Gasteiger partial charge < -0.3 is 0 Å². The van der Waals surface area contributed by atoms with E-state index in [1.807, 2.05) is 97.9 Å². The monoisotopic (exact) mass is 338 g/mol. The fourth-order valence-electron chi connectivity index (χ4n) is 3.02. The molecule has 0 unspecified atom stereocenters. The minimum absolute atomic E-state index is 0.114. The van der Waals surface area contributed by atoms with Gasteiger partial charge in [0, 0.05) is 5.56 Å². The standard InChI is InChI=1S/C23H18N2O/c1-17-9-8-12-19(15-17)22-24-21(16-18-10-4-2-5-11-18)23(26)25(22)20-13-6-3-7-14-20/h2-16H,1H3/b21-16+. The van der Waals surface area contributed by atoms with Crippen molar-refractivity contribution in [3.63, 3.8) is 0 Å². The zero-order valence-corrected chi connectivity index (χ0v) is 14.5. The third kappa shape index (κ3) is 3.07.